The Balaban J connectivity index is 1.32. The van der Waals surface area contributed by atoms with Crippen molar-refractivity contribution < 1.29 is 22.8 Å². The summed E-state index contributed by atoms with van der Waals surface area (Å²) >= 11 is 0. The van der Waals surface area contributed by atoms with Crippen molar-refractivity contribution in [1.82, 2.24) is 15.5 Å². The molecule has 1 aliphatic heterocycles. The Hall–Kier alpha value is -2.33. The fourth-order valence-electron chi connectivity index (χ4n) is 3.96. The molecule has 1 aliphatic carbocycles. The summed E-state index contributed by atoms with van der Waals surface area (Å²) in [6.45, 7) is 4.92. The van der Waals surface area contributed by atoms with Crippen molar-refractivity contribution in [2.24, 2.45) is 11.7 Å². The average molecular weight is 440 g/mol. The number of hydrogen-bond donors (Lipinski definition) is 2. The van der Waals surface area contributed by atoms with E-state index in [1.165, 1.54) is 0 Å². The smallest absolute Gasteiger partial charge is 0.324 e. The van der Waals surface area contributed by atoms with E-state index in [0.717, 1.165) is 44.3 Å². The van der Waals surface area contributed by atoms with Gasteiger partial charge in [-0.3, -0.25) is 4.79 Å². The van der Waals surface area contributed by atoms with Gasteiger partial charge in [-0.25, -0.2) is 8.78 Å². The van der Waals surface area contributed by atoms with E-state index in [1.54, 1.807) is 0 Å². The van der Waals surface area contributed by atoms with Gasteiger partial charge < -0.3 is 25.2 Å². The Morgan fingerprint density at radius 2 is 2.19 bits per heavy atom. The van der Waals surface area contributed by atoms with E-state index >= 15 is 0 Å². The number of nitrogens with one attached hydrogen (secondary N) is 1. The number of carbonyl (C=O) groups excluding carboxylic acids is 1. The number of ether oxygens (including phenoxy) is 1. The Bertz CT molecular complexity index is 788. The quantitative estimate of drug-likeness (QED) is 0.540. The first kappa shape index (κ1) is 23.3. The molecule has 31 heavy (non-hydrogen) atoms. The number of amides is 1. The van der Waals surface area contributed by atoms with Gasteiger partial charge >= 0.3 is 12.4 Å². The van der Waals surface area contributed by atoms with Crippen LogP contribution < -0.4 is 16.0 Å². The number of halogens is 2. The molecule has 1 aromatic heterocycles. The molecule has 8 nitrogen and oxygen atoms in total. The summed E-state index contributed by atoms with van der Waals surface area (Å²) in [4.78, 5) is 17.7. The molecule has 0 bridgehead atoms. The van der Waals surface area contributed by atoms with Crippen molar-refractivity contribution in [2.45, 2.75) is 51.6 Å². The Kier molecular flexibility index (Phi) is 8.53. The van der Waals surface area contributed by atoms with Gasteiger partial charge in [0.15, 0.2) is 0 Å². The Morgan fingerprint density at radius 3 is 2.84 bits per heavy atom. The second-order valence-electron chi connectivity index (χ2n) is 7.97. The zero-order chi connectivity index (χ0) is 22.2. The number of piperidine rings is 1. The Morgan fingerprint density at radius 1 is 1.42 bits per heavy atom. The maximum Gasteiger partial charge on any atom is 0.324 e. The van der Waals surface area contributed by atoms with Crippen molar-refractivity contribution >= 4 is 11.9 Å². The molecule has 1 atom stereocenters. The summed E-state index contributed by atoms with van der Waals surface area (Å²) in [5, 5.41) is 6.11. The fourth-order valence-corrected chi connectivity index (χ4v) is 3.96. The lowest BCUT2D eigenvalue weighted by Crippen LogP contribution is -2.34. The molecule has 3 N–H and O–H groups in total. The SMILES string of the molecule is CC1=CC(OCCCC2CCN(c3nc(C(F)F)no3)CC2)CC=C1C(=O)NCCN. The molecular weight excluding hydrogens is 408 g/mol. The highest BCUT2D eigenvalue weighted by atomic mass is 19.3. The minimum absolute atomic E-state index is 0.00513. The standard InChI is InChI=1S/C21H31F2N5O3/c1-14-13-16(4-5-17(14)20(29)25-9-8-24)30-12-2-3-15-6-10-28(11-7-15)21-26-19(18(22)23)27-31-21/h5,13,15-16,18H,2-4,6-12,24H2,1H3,(H,25,29). The van der Waals surface area contributed by atoms with E-state index in [-0.39, 0.29) is 18.0 Å². The lowest BCUT2D eigenvalue weighted by Gasteiger charge is -2.30. The topological polar surface area (TPSA) is 107 Å². The van der Waals surface area contributed by atoms with E-state index in [2.05, 4.69) is 15.5 Å². The third kappa shape index (κ3) is 6.57. The summed E-state index contributed by atoms with van der Waals surface area (Å²) in [5.41, 5.74) is 7.04. The van der Waals surface area contributed by atoms with E-state index < -0.39 is 12.2 Å². The molecule has 0 aromatic carbocycles. The van der Waals surface area contributed by atoms with Crippen LogP contribution in [0, 0.1) is 5.92 Å². The molecule has 172 valence electrons. The summed E-state index contributed by atoms with van der Waals surface area (Å²) < 4.78 is 36.1. The molecule has 0 spiro atoms. The molecule has 0 radical (unpaired) electrons. The van der Waals surface area contributed by atoms with Crippen LogP contribution in [0.5, 0.6) is 0 Å². The zero-order valence-electron chi connectivity index (χ0n) is 17.9. The third-order valence-corrected chi connectivity index (χ3v) is 5.69. The predicted molar refractivity (Wildman–Crippen MR) is 112 cm³/mol. The minimum Gasteiger partial charge on any atom is -0.374 e. The number of nitrogens with zero attached hydrogens (tertiary/aromatic N) is 3. The first-order valence-corrected chi connectivity index (χ1v) is 10.8. The lowest BCUT2D eigenvalue weighted by atomic mass is 9.92. The van der Waals surface area contributed by atoms with Crippen LogP contribution in [0.1, 0.15) is 51.3 Å². The van der Waals surface area contributed by atoms with E-state index in [1.807, 2.05) is 24.0 Å². The zero-order valence-corrected chi connectivity index (χ0v) is 17.9. The van der Waals surface area contributed by atoms with Crippen LogP contribution in [0.3, 0.4) is 0 Å². The minimum atomic E-state index is -2.71. The van der Waals surface area contributed by atoms with Crippen LogP contribution in [0.15, 0.2) is 27.8 Å². The van der Waals surface area contributed by atoms with Crippen molar-refractivity contribution in [3.05, 3.63) is 29.1 Å². The third-order valence-electron chi connectivity index (χ3n) is 5.69. The van der Waals surface area contributed by atoms with Gasteiger partial charge in [0.05, 0.1) is 6.10 Å². The molecule has 1 saturated heterocycles. The predicted octanol–water partition coefficient (Wildman–Crippen LogP) is 2.74. The van der Waals surface area contributed by atoms with Gasteiger partial charge in [0.1, 0.15) is 0 Å². The molecular formula is C21H31F2N5O3. The number of aromatic nitrogens is 2. The maximum atomic E-state index is 12.6. The molecule has 0 saturated carbocycles. The molecule has 2 heterocycles. The summed E-state index contributed by atoms with van der Waals surface area (Å²) in [6, 6.07) is 0.181. The van der Waals surface area contributed by atoms with Gasteiger partial charge in [-0.2, -0.15) is 4.98 Å². The van der Waals surface area contributed by atoms with Gasteiger partial charge in [-0.15, -0.1) is 0 Å². The maximum absolute atomic E-state index is 12.6. The van der Waals surface area contributed by atoms with E-state index in [4.69, 9.17) is 15.0 Å². The molecule has 2 aliphatic rings. The van der Waals surface area contributed by atoms with Crippen LogP contribution in [-0.4, -0.2) is 54.9 Å². The summed E-state index contributed by atoms with van der Waals surface area (Å²) in [7, 11) is 0. The van der Waals surface area contributed by atoms with E-state index in [9.17, 15) is 13.6 Å². The van der Waals surface area contributed by atoms with Gasteiger partial charge in [-0.1, -0.05) is 17.3 Å². The van der Waals surface area contributed by atoms with Crippen molar-refractivity contribution in [2.75, 3.05) is 37.7 Å². The van der Waals surface area contributed by atoms with Crippen LogP contribution in [0.4, 0.5) is 14.8 Å². The second-order valence-corrected chi connectivity index (χ2v) is 7.97. The first-order chi connectivity index (χ1) is 15.0. The number of rotatable bonds is 10. The van der Waals surface area contributed by atoms with Gasteiger partial charge in [0.25, 0.3) is 5.91 Å². The highest BCUT2D eigenvalue weighted by Gasteiger charge is 2.25. The highest BCUT2D eigenvalue weighted by Crippen LogP contribution is 2.27. The molecule has 1 aromatic rings. The highest BCUT2D eigenvalue weighted by molar-refractivity contribution is 5.97. The van der Waals surface area contributed by atoms with Crippen molar-refractivity contribution in [1.29, 1.82) is 0 Å². The number of carbonyl (C=O) groups is 1. The van der Waals surface area contributed by atoms with Gasteiger partial charge in [-0.05, 0) is 50.5 Å². The van der Waals surface area contributed by atoms with Gasteiger partial charge in [0.2, 0.25) is 5.82 Å². The lowest BCUT2D eigenvalue weighted by molar-refractivity contribution is -0.117. The van der Waals surface area contributed by atoms with Crippen molar-refractivity contribution in [3.63, 3.8) is 0 Å². The number of alkyl halides is 2. The monoisotopic (exact) mass is 439 g/mol. The van der Waals surface area contributed by atoms with Crippen LogP contribution in [0.2, 0.25) is 0 Å². The second kappa shape index (κ2) is 11.3. The average Bonchev–Trinajstić information content (AvgIpc) is 3.26. The molecule has 1 unspecified atom stereocenters. The van der Waals surface area contributed by atoms with Crippen molar-refractivity contribution in [3.8, 4) is 0 Å². The fraction of sp³-hybridized carbons (Fsp3) is 0.667. The molecule has 1 fully saturated rings. The normalized spacial score (nSPS) is 20.0. The van der Waals surface area contributed by atoms with Crippen LogP contribution in [-0.2, 0) is 9.53 Å². The summed E-state index contributed by atoms with van der Waals surface area (Å²) in [5.74, 6) is -0.0758. The van der Waals surface area contributed by atoms with Crippen LogP contribution in [0.25, 0.3) is 0 Å². The number of nitrogens with two attached hydrogens (primary N) is 1. The molecule has 3 rings (SSSR count). The van der Waals surface area contributed by atoms with E-state index in [0.29, 0.717) is 37.6 Å². The number of hydrogen-bond acceptors (Lipinski definition) is 7. The largest absolute Gasteiger partial charge is 0.374 e. The molecule has 1 amide bonds. The van der Waals surface area contributed by atoms with Crippen LogP contribution >= 0.6 is 0 Å². The van der Waals surface area contributed by atoms with Gasteiger partial charge in [0, 0.05) is 38.4 Å². The molecule has 10 heteroatoms. The first-order valence-electron chi connectivity index (χ1n) is 10.8. The summed E-state index contributed by atoms with van der Waals surface area (Å²) in [6.07, 6.45) is 5.83. The Labute approximate surface area is 180 Å². The number of anilines is 1.